The summed E-state index contributed by atoms with van der Waals surface area (Å²) in [6.07, 6.45) is 3.48. The van der Waals surface area contributed by atoms with Gasteiger partial charge in [0.25, 0.3) is 0 Å². The third kappa shape index (κ3) is 1.69. The minimum atomic E-state index is -0.620. The normalized spacial score (nSPS) is 55.6. The Kier molecular flexibility index (Phi) is 3.36. The minimum absolute atomic E-state index is 0.00223. The van der Waals surface area contributed by atoms with E-state index in [1.165, 1.54) is 17.3 Å². The Labute approximate surface area is 169 Å². The monoisotopic (exact) mass is 401 g/mol. The number of nitrogens with zero attached hydrogens (tertiary/aromatic N) is 1. The number of Topliss-reactive ketones (excluding diaryl/α,β-unsaturated/α-hetero) is 1. The number of aliphatic hydroxyl groups is 1. The first-order valence-corrected chi connectivity index (χ1v) is 11.5. The standard InChI is InChI=1S/C22H27NO4S/c1-10(2)16-17(28-9-23)19-22(27-19)20(3)7-6-12-11(4-5-14(12)24)13(20)8-15-21(22,26-15)18(16)25/h10,13,15-19,25H,4-8H2,1-3H3. The molecule has 150 valence electrons. The summed E-state index contributed by atoms with van der Waals surface area (Å²) in [5, 5.41) is 23.3. The highest BCUT2D eigenvalue weighted by atomic mass is 32.2. The molecule has 0 aromatic rings. The van der Waals surface area contributed by atoms with Gasteiger partial charge in [-0.1, -0.05) is 26.3 Å². The third-order valence-electron chi connectivity index (χ3n) is 9.16. The summed E-state index contributed by atoms with van der Waals surface area (Å²) < 4.78 is 13.0. The molecule has 0 aromatic carbocycles. The van der Waals surface area contributed by atoms with Crippen LogP contribution in [0.1, 0.15) is 52.9 Å². The van der Waals surface area contributed by atoms with Gasteiger partial charge in [0.1, 0.15) is 17.1 Å². The van der Waals surface area contributed by atoms with Crippen LogP contribution in [0.15, 0.2) is 11.1 Å². The lowest BCUT2D eigenvalue weighted by molar-refractivity contribution is -0.115. The van der Waals surface area contributed by atoms with Crippen molar-refractivity contribution in [2.75, 3.05) is 0 Å². The fourth-order valence-corrected chi connectivity index (χ4v) is 9.06. The second-order valence-corrected chi connectivity index (χ2v) is 11.2. The summed E-state index contributed by atoms with van der Waals surface area (Å²) in [6, 6.07) is 0. The molecule has 0 amide bonds. The largest absolute Gasteiger partial charge is 0.390 e. The Bertz CT molecular complexity index is 863. The lowest BCUT2D eigenvalue weighted by Crippen LogP contribution is -2.69. The van der Waals surface area contributed by atoms with Crippen molar-refractivity contribution in [2.45, 2.75) is 87.6 Å². The quantitative estimate of drug-likeness (QED) is 0.565. The van der Waals surface area contributed by atoms with E-state index >= 15 is 0 Å². The molecular weight excluding hydrogens is 374 g/mol. The van der Waals surface area contributed by atoms with E-state index in [0.29, 0.717) is 18.1 Å². The maximum Gasteiger partial charge on any atom is 0.159 e. The molecule has 28 heavy (non-hydrogen) atoms. The summed E-state index contributed by atoms with van der Waals surface area (Å²) >= 11 is 1.27. The number of aliphatic hydroxyl groups excluding tert-OH is 1. The molecular formula is C22H27NO4S. The highest BCUT2D eigenvalue weighted by Gasteiger charge is 2.94. The van der Waals surface area contributed by atoms with Gasteiger partial charge in [0.15, 0.2) is 11.4 Å². The van der Waals surface area contributed by atoms with E-state index in [1.807, 2.05) is 0 Å². The molecule has 4 fully saturated rings. The number of fused-ring (bicyclic) bond motifs is 2. The van der Waals surface area contributed by atoms with Gasteiger partial charge in [0.2, 0.25) is 0 Å². The van der Waals surface area contributed by atoms with Crippen LogP contribution < -0.4 is 0 Å². The average Bonchev–Trinajstić information content (AvgIpc) is 3.52. The van der Waals surface area contributed by atoms with Gasteiger partial charge in [-0.05, 0) is 54.9 Å². The summed E-state index contributed by atoms with van der Waals surface area (Å²) in [6.45, 7) is 6.55. The molecule has 0 aromatic heterocycles. The predicted molar refractivity (Wildman–Crippen MR) is 103 cm³/mol. The van der Waals surface area contributed by atoms with Crippen LogP contribution in [-0.4, -0.2) is 45.7 Å². The van der Waals surface area contributed by atoms with Crippen LogP contribution in [0.5, 0.6) is 0 Å². The van der Waals surface area contributed by atoms with Gasteiger partial charge in [-0.2, -0.15) is 5.26 Å². The zero-order valence-electron chi connectivity index (χ0n) is 16.6. The molecule has 9 unspecified atom stereocenters. The number of thiocyanates is 1. The van der Waals surface area contributed by atoms with Gasteiger partial charge in [0.05, 0.1) is 17.5 Å². The number of carbonyl (C=O) groups is 1. The number of nitriles is 1. The fraction of sp³-hybridized carbons (Fsp3) is 0.818. The number of rotatable bonds is 2. The van der Waals surface area contributed by atoms with Gasteiger partial charge in [-0.25, -0.2) is 0 Å². The first kappa shape index (κ1) is 17.9. The topological polar surface area (TPSA) is 86.2 Å². The third-order valence-corrected chi connectivity index (χ3v) is 10.1. The predicted octanol–water partition coefficient (Wildman–Crippen LogP) is 2.97. The summed E-state index contributed by atoms with van der Waals surface area (Å²) in [4.78, 5) is 12.4. The first-order chi connectivity index (χ1) is 13.3. The van der Waals surface area contributed by atoms with Gasteiger partial charge < -0.3 is 14.6 Å². The zero-order valence-corrected chi connectivity index (χ0v) is 17.4. The molecule has 2 spiro atoms. The highest BCUT2D eigenvalue weighted by molar-refractivity contribution is 8.04. The van der Waals surface area contributed by atoms with E-state index in [9.17, 15) is 15.2 Å². The van der Waals surface area contributed by atoms with Crippen LogP contribution in [0.3, 0.4) is 0 Å². The molecule has 4 aliphatic carbocycles. The Balaban J connectivity index is 1.48. The van der Waals surface area contributed by atoms with Crippen LogP contribution in [-0.2, 0) is 14.3 Å². The van der Waals surface area contributed by atoms with E-state index < -0.39 is 17.3 Å². The molecule has 2 saturated heterocycles. The van der Waals surface area contributed by atoms with Crippen molar-refractivity contribution >= 4 is 17.5 Å². The van der Waals surface area contributed by atoms with Crippen LogP contribution >= 0.6 is 11.8 Å². The molecule has 2 saturated carbocycles. The second-order valence-electron chi connectivity index (χ2n) is 10.2. The second kappa shape index (κ2) is 5.24. The van der Waals surface area contributed by atoms with Gasteiger partial charge in [-0.15, -0.1) is 0 Å². The highest BCUT2D eigenvalue weighted by Crippen LogP contribution is 2.80. The summed E-state index contributed by atoms with van der Waals surface area (Å²) in [7, 11) is 0. The van der Waals surface area contributed by atoms with E-state index in [-0.39, 0.29) is 34.7 Å². The lowest BCUT2D eigenvalue weighted by atomic mass is 9.46. The van der Waals surface area contributed by atoms with Crippen molar-refractivity contribution in [3.63, 3.8) is 0 Å². The number of carbonyl (C=O) groups excluding carboxylic acids is 1. The Morgan fingerprint density at radius 2 is 2.07 bits per heavy atom. The number of hydrogen-bond donors (Lipinski definition) is 1. The Morgan fingerprint density at radius 3 is 2.79 bits per heavy atom. The maximum absolute atomic E-state index is 12.4. The molecule has 6 heteroatoms. The Morgan fingerprint density at radius 1 is 1.29 bits per heavy atom. The number of ether oxygens (including phenoxy) is 2. The number of allylic oxidation sites excluding steroid dienone is 2. The minimum Gasteiger partial charge on any atom is -0.390 e. The van der Waals surface area contributed by atoms with Gasteiger partial charge in [-0.3, -0.25) is 4.79 Å². The molecule has 9 atom stereocenters. The van der Waals surface area contributed by atoms with Crippen molar-refractivity contribution < 1.29 is 19.4 Å². The molecule has 6 rings (SSSR count). The van der Waals surface area contributed by atoms with Crippen LogP contribution in [0.25, 0.3) is 0 Å². The molecule has 1 N–H and O–H groups in total. The molecule has 2 heterocycles. The maximum atomic E-state index is 12.4. The SMILES string of the molecule is CC(C)C1C(SC#N)C2OC23C2(C)CCC4=C(CCC4=O)C2CC2OC23C1O. The smallest absolute Gasteiger partial charge is 0.159 e. The number of thioether (sulfide) groups is 1. The fourth-order valence-electron chi connectivity index (χ4n) is 7.95. The summed E-state index contributed by atoms with van der Waals surface area (Å²) in [5.74, 6) is 0.865. The van der Waals surface area contributed by atoms with Gasteiger partial charge >= 0.3 is 0 Å². The van der Waals surface area contributed by atoms with Crippen molar-refractivity contribution in [3.8, 4) is 5.40 Å². The van der Waals surface area contributed by atoms with Gasteiger partial charge in [0, 0.05) is 17.8 Å². The lowest BCUT2D eigenvalue weighted by Gasteiger charge is -2.55. The zero-order chi connectivity index (χ0) is 19.6. The van der Waals surface area contributed by atoms with Crippen molar-refractivity contribution in [1.82, 2.24) is 0 Å². The molecule has 5 nitrogen and oxygen atoms in total. The van der Waals surface area contributed by atoms with Crippen molar-refractivity contribution in [2.24, 2.45) is 23.2 Å². The molecule has 6 aliphatic rings. The molecule has 0 bridgehead atoms. The number of ketones is 1. The Hall–Kier alpha value is -0.870. The average molecular weight is 402 g/mol. The summed E-state index contributed by atoms with van der Waals surface area (Å²) in [5.41, 5.74) is 1.13. The molecule has 0 radical (unpaired) electrons. The van der Waals surface area contributed by atoms with E-state index in [1.54, 1.807) is 0 Å². The first-order valence-electron chi connectivity index (χ1n) is 10.7. The van der Waals surface area contributed by atoms with Crippen molar-refractivity contribution in [3.05, 3.63) is 11.1 Å². The van der Waals surface area contributed by atoms with E-state index in [2.05, 4.69) is 26.2 Å². The van der Waals surface area contributed by atoms with Crippen LogP contribution in [0, 0.1) is 33.8 Å². The number of epoxide rings is 2. The van der Waals surface area contributed by atoms with Crippen LogP contribution in [0.2, 0.25) is 0 Å². The van der Waals surface area contributed by atoms with Crippen LogP contribution in [0.4, 0.5) is 0 Å². The molecule has 2 aliphatic heterocycles. The van der Waals surface area contributed by atoms with Crippen molar-refractivity contribution in [1.29, 1.82) is 5.26 Å². The van der Waals surface area contributed by atoms with E-state index in [4.69, 9.17) is 9.47 Å². The van der Waals surface area contributed by atoms with E-state index in [0.717, 1.165) is 31.3 Å². The number of hydrogen-bond acceptors (Lipinski definition) is 6.